The van der Waals surface area contributed by atoms with E-state index in [1.165, 1.54) is 0 Å². The average molecular weight is 866 g/mol. The van der Waals surface area contributed by atoms with Crippen LogP contribution < -0.4 is 4.90 Å². The lowest BCUT2D eigenvalue weighted by Gasteiger charge is -2.33. The van der Waals surface area contributed by atoms with Gasteiger partial charge in [0.25, 0.3) is 0 Å². The number of H-pyrrole nitrogens is 2. The van der Waals surface area contributed by atoms with E-state index < -0.39 is 0 Å². The Labute approximate surface area is 381 Å². The summed E-state index contributed by atoms with van der Waals surface area (Å²) < 4.78 is 0. The maximum Gasteiger partial charge on any atom is 0.245 e. The highest BCUT2D eigenvalue weighted by Crippen LogP contribution is 2.39. The van der Waals surface area contributed by atoms with Crippen LogP contribution >= 0.6 is 0 Å². The number of nitrogens with one attached hydrogen (secondary N) is 2. The number of hydrogen-bond acceptors (Lipinski definition) is 7. The molecule has 65 heavy (non-hydrogen) atoms. The van der Waals surface area contributed by atoms with Crippen LogP contribution in [0.5, 0.6) is 0 Å². The molecule has 4 aliphatic heterocycles. The fourth-order valence-electron chi connectivity index (χ4n) is 11.2. The zero-order valence-corrected chi connectivity index (χ0v) is 37.2. The number of para-hydroxylation sites is 1. The van der Waals surface area contributed by atoms with Gasteiger partial charge >= 0.3 is 0 Å². The first-order chi connectivity index (χ1) is 32.0. The Kier molecular flexibility index (Phi) is 11.7. The molecule has 332 valence electrons. The van der Waals surface area contributed by atoms with E-state index in [9.17, 15) is 9.59 Å². The van der Waals surface area contributed by atoms with Crippen molar-refractivity contribution in [3.8, 4) is 0 Å². The molecule has 7 aromatic rings. The van der Waals surface area contributed by atoms with Gasteiger partial charge in [0, 0.05) is 31.9 Å². The highest BCUT2D eigenvalue weighted by atomic mass is 16.2. The molecule has 0 aliphatic carbocycles. The molecule has 2 aromatic heterocycles. The van der Waals surface area contributed by atoms with Crippen LogP contribution in [0, 0.1) is 0 Å². The molecule has 11 heteroatoms. The molecule has 0 bridgehead atoms. The number of carbonyl (C=O) groups is 2. The molecule has 0 spiro atoms. The molecule has 11 nitrogen and oxygen atoms in total. The Morgan fingerprint density at radius 2 is 0.938 bits per heavy atom. The second kappa shape index (κ2) is 18.3. The maximum absolute atomic E-state index is 14.5. The molecule has 6 heterocycles. The minimum Gasteiger partial charge on any atom is -0.363 e. The number of nitrogens with zero attached hydrogens (tertiary/aromatic N) is 7. The van der Waals surface area contributed by atoms with Crippen molar-refractivity contribution in [1.82, 2.24) is 39.5 Å². The van der Waals surface area contributed by atoms with E-state index in [1.807, 2.05) is 36.4 Å². The van der Waals surface area contributed by atoms with Crippen molar-refractivity contribution in [3.05, 3.63) is 161 Å². The second-order valence-corrected chi connectivity index (χ2v) is 18.6. The minimum absolute atomic E-state index is 0.0798. The van der Waals surface area contributed by atoms with Gasteiger partial charge in [-0.1, -0.05) is 91.0 Å². The van der Waals surface area contributed by atoms with Crippen molar-refractivity contribution in [3.63, 3.8) is 0 Å². The van der Waals surface area contributed by atoms with Gasteiger partial charge in [0.05, 0.1) is 34.2 Å². The molecule has 2 amide bonds. The van der Waals surface area contributed by atoms with Gasteiger partial charge < -0.3 is 24.7 Å². The van der Waals surface area contributed by atoms with Gasteiger partial charge in [-0.3, -0.25) is 19.4 Å². The van der Waals surface area contributed by atoms with E-state index in [0.29, 0.717) is 13.1 Å². The smallest absolute Gasteiger partial charge is 0.245 e. The van der Waals surface area contributed by atoms with Gasteiger partial charge in [-0.25, -0.2) is 9.97 Å². The number of hydrogen-bond donors (Lipinski definition) is 2. The third kappa shape index (κ3) is 8.43. The van der Waals surface area contributed by atoms with Crippen molar-refractivity contribution in [2.24, 2.45) is 0 Å². The number of likely N-dealkylation sites (tertiary alicyclic amines) is 4. The third-order valence-electron chi connectivity index (χ3n) is 14.4. The van der Waals surface area contributed by atoms with Gasteiger partial charge in [-0.05, 0) is 136 Å². The summed E-state index contributed by atoms with van der Waals surface area (Å²) >= 11 is 0. The predicted molar refractivity (Wildman–Crippen MR) is 256 cm³/mol. The number of anilines is 1. The van der Waals surface area contributed by atoms with Crippen LogP contribution in [0.3, 0.4) is 0 Å². The number of carbonyl (C=O) groups excluding carboxylic acids is 2. The van der Waals surface area contributed by atoms with Crippen LogP contribution in [0.1, 0.15) is 109 Å². The lowest BCUT2D eigenvalue weighted by atomic mass is 10.0. The predicted octanol–water partition coefficient (Wildman–Crippen LogP) is 9.65. The Hall–Kier alpha value is -6.30. The van der Waals surface area contributed by atoms with Gasteiger partial charge in [0.1, 0.15) is 23.7 Å². The summed E-state index contributed by atoms with van der Waals surface area (Å²) in [6.45, 7) is 6.67. The fourth-order valence-corrected chi connectivity index (χ4v) is 11.2. The van der Waals surface area contributed by atoms with Crippen LogP contribution in [-0.2, 0) is 22.7 Å². The van der Waals surface area contributed by atoms with Crippen LogP contribution in [0.25, 0.3) is 22.1 Å². The number of fused-ring (bicyclic) bond motifs is 2. The van der Waals surface area contributed by atoms with E-state index in [4.69, 9.17) is 9.97 Å². The molecular weight excluding hydrogens is 807 g/mol. The number of aromatic amines is 2. The van der Waals surface area contributed by atoms with E-state index in [-0.39, 0.29) is 36.0 Å². The van der Waals surface area contributed by atoms with Gasteiger partial charge in [-0.2, -0.15) is 0 Å². The minimum atomic E-state index is -0.263. The summed E-state index contributed by atoms with van der Waals surface area (Å²) in [6, 6.07) is 43.6. The fraction of sp³-hybridized carbons (Fsp3) is 0.370. The van der Waals surface area contributed by atoms with E-state index in [0.717, 1.165) is 152 Å². The average Bonchev–Trinajstić information content (AvgIpc) is 4.21. The molecule has 0 radical (unpaired) electrons. The lowest BCUT2D eigenvalue weighted by Crippen LogP contribution is -2.42. The molecule has 0 saturated carbocycles. The largest absolute Gasteiger partial charge is 0.363 e. The lowest BCUT2D eigenvalue weighted by molar-refractivity contribution is -0.138. The number of rotatable bonds is 13. The molecule has 4 aliphatic rings. The first-order valence-corrected chi connectivity index (χ1v) is 24.0. The Bertz CT molecular complexity index is 2570. The van der Waals surface area contributed by atoms with Crippen molar-refractivity contribution in [2.75, 3.05) is 44.2 Å². The molecule has 4 saturated heterocycles. The molecule has 4 atom stereocenters. The summed E-state index contributed by atoms with van der Waals surface area (Å²) in [5.41, 5.74) is 9.42. The first-order valence-electron chi connectivity index (χ1n) is 24.0. The second-order valence-electron chi connectivity index (χ2n) is 18.6. The first kappa shape index (κ1) is 41.4. The Balaban J connectivity index is 0.819. The summed E-state index contributed by atoms with van der Waals surface area (Å²) in [6.07, 6.45) is 8.25. The van der Waals surface area contributed by atoms with Crippen LogP contribution in [0.4, 0.5) is 5.69 Å². The van der Waals surface area contributed by atoms with Crippen molar-refractivity contribution >= 4 is 39.6 Å². The molecule has 5 aromatic carbocycles. The molecule has 0 unspecified atom stereocenters. The maximum atomic E-state index is 14.5. The number of benzene rings is 5. The van der Waals surface area contributed by atoms with E-state index in [1.54, 1.807) is 0 Å². The van der Waals surface area contributed by atoms with Crippen molar-refractivity contribution in [1.29, 1.82) is 0 Å². The van der Waals surface area contributed by atoms with Crippen molar-refractivity contribution in [2.45, 2.75) is 88.6 Å². The SMILES string of the molecule is O=C([C@@H](c1ccccc1)N1CCCC1)N1CCC[C@H]1c1nc2cc(CN(Cc3ccc4[nH]c([C@@H]5CCCN5C(=O)[C@@H](c5ccccc5)N5CCCC5)nc4c3)c3ccccc3)ccc2[nH]1. The van der Waals surface area contributed by atoms with Crippen LogP contribution in [-0.4, -0.2) is 90.6 Å². The number of amides is 2. The Morgan fingerprint density at radius 1 is 0.523 bits per heavy atom. The summed E-state index contributed by atoms with van der Waals surface area (Å²) in [5.74, 6) is 2.11. The molecule has 4 fully saturated rings. The van der Waals surface area contributed by atoms with Gasteiger partial charge in [0.2, 0.25) is 11.8 Å². The zero-order valence-electron chi connectivity index (χ0n) is 37.2. The van der Waals surface area contributed by atoms with Gasteiger partial charge in [-0.15, -0.1) is 0 Å². The van der Waals surface area contributed by atoms with E-state index in [2.05, 4.69) is 125 Å². The zero-order chi connectivity index (χ0) is 43.7. The number of imidazole rings is 2. The molecular formula is C54H59N9O2. The summed E-state index contributed by atoms with van der Waals surface area (Å²) in [5, 5.41) is 0. The van der Waals surface area contributed by atoms with E-state index >= 15 is 0 Å². The third-order valence-corrected chi connectivity index (χ3v) is 14.4. The normalized spacial score (nSPS) is 20.3. The quantitative estimate of drug-likeness (QED) is 0.119. The highest BCUT2D eigenvalue weighted by Gasteiger charge is 2.41. The Morgan fingerprint density at radius 3 is 1.37 bits per heavy atom. The molecule has 2 N–H and O–H groups in total. The monoisotopic (exact) mass is 865 g/mol. The topological polar surface area (TPSA) is 108 Å². The van der Waals surface area contributed by atoms with Crippen LogP contribution in [0.2, 0.25) is 0 Å². The van der Waals surface area contributed by atoms with Crippen LogP contribution in [0.15, 0.2) is 127 Å². The molecule has 11 rings (SSSR count). The summed E-state index contributed by atoms with van der Waals surface area (Å²) in [4.78, 5) is 57.9. The highest BCUT2D eigenvalue weighted by molar-refractivity contribution is 5.85. The van der Waals surface area contributed by atoms with Gasteiger partial charge in [0.15, 0.2) is 0 Å². The van der Waals surface area contributed by atoms with Crippen molar-refractivity contribution < 1.29 is 9.59 Å². The number of aromatic nitrogens is 4. The standard InChI is InChI=1S/C54H59N9O2/c64-53(49(59-28-10-11-29-59)40-16-4-1-5-17-40)62-32-14-22-47(62)51-55-43-26-24-38(34-45(43)57-51)36-61(42-20-8-3-9-21-42)37-39-25-27-44-46(35-39)58-52(56-44)48-23-15-33-63(48)54(65)50(60-30-12-13-31-60)41-18-6-2-7-19-41/h1-9,16-21,24-27,34-35,47-50H,10-15,22-23,28-33,36-37H2,(H,55,57)(H,56,58)/t47-,48-,49+,50+/m0/s1. The summed E-state index contributed by atoms with van der Waals surface area (Å²) in [7, 11) is 0.